The van der Waals surface area contributed by atoms with Gasteiger partial charge in [0.15, 0.2) is 12.4 Å². The molecule has 7 heteroatoms. The van der Waals surface area contributed by atoms with Crippen molar-refractivity contribution < 1.29 is 24.2 Å². The highest BCUT2D eigenvalue weighted by atomic mass is 16.5. The van der Waals surface area contributed by atoms with Gasteiger partial charge in [-0.25, -0.2) is 0 Å². The van der Waals surface area contributed by atoms with E-state index in [-0.39, 0.29) is 42.6 Å². The molecule has 2 aromatic carbocycles. The first-order valence-electron chi connectivity index (χ1n) is 11.4. The van der Waals surface area contributed by atoms with Crippen LogP contribution in [0.3, 0.4) is 0 Å². The van der Waals surface area contributed by atoms with Gasteiger partial charge in [0, 0.05) is 58.5 Å². The lowest BCUT2D eigenvalue weighted by Gasteiger charge is -2.07. The molecule has 0 saturated carbocycles. The Kier molecular flexibility index (Phi) is 8.99. The molecule has 4 rings (SSSR count). The van der Waals surface area contributed by atoms with Crippen LogP contribution >= 0.6 is 0 Å². The monoisotopic (exact) mass is 464 g/mol. The fraction of sp³-hybridized carbons (Fsp3) is 0.370. The molecule has 2 heterocycles. The van der Waals surface area contributed by atoms with Crippen molar-refractivity contribution in [1.82, 2.24) is 9.80 Å². The quantitative estimate of drug-likeness (QED) is 0.637. The van der Waals surface area contributed by atoms with Crippen molar-refractivity contribution in [3.8, 4) is 16.9 Å². The van der Waals surface area contributed by atoms with Gasteiger partial charge in [-0.05, 0) is 29.3 Å². The highest BCUT2D eigenvalue weighted by Crippen LogP contribution is 2.22. The molecule has 34 heavy (non-hydrogen) atoms. The number of ether oxygens (including phenoxy) is 1. The summed E-state index contributed by atoms with van der Waals surface area (Å²) in [6.45, 7) is 1.52. The fourth-order valence-corrected chi connectivity index (χ4v) is 3.93. The number of aliphatic hydroxyl groups is 1. The molecule has 0 radical (unpaired) electrons. The van der Waals surface area contributed by atoms with E-state index in [0.717, 1.165) is 17.7 Å². The summed E-state index contributed by atoms with van der Waals surface area (Å²) in [4.78, 5) is 37.5. The van der Waals surface area contributed by atoms with E-state index in [4.69, 9.17) is 9.84 Å². The molecule has 2 aliphatic heterocycles. The van der Waals surface area contributed by atoms with Crippen LogP contribution in [-0.2, 0) is 14.4 Å². The van der Waals surface area contributed by atoms with E-state index < -0.39 is 0 Å². The summed E-state index contributed by atoms with van der Waals surface area (Å²) >= 11 is 0. The van der Waals surface area contributed by atoms with E-state index in [1.54, 1.807) is 23.9 Å². The maximum Gasteiger partial charge on any atom is 0.222 e. The minimum absolute atomic E-state index is 0.00229. The SMILES string of the molecule is CN1CC(/C=C/C(=O)COc2ccc(-c3ccccc3)cc2)CC1=O.CN1CC(CO)CC1=O. The second-order valence-corrected chi connectivity index (χ2v) is 8.77. The van der Waals surface area contributed by atoms with Crippen molar-refractivity contribution in [2.75, 3.05) is 40.4 Å². The number of carbonyl (C=O) groups is 3. The lowest BCUT2D eigenvalue weighted by Crippen LogP contribution is -2.19. The molecular weight excluding hydrogens is 432 g/mol. The topological polar surface area (TPSA) is 87.2 Å². The third kappa shape index (κ3) is 7.28. The van der Waals surface area contributed by atoms with Gasteiger partial charge in [0.05, 0.1) is 0 Å². The number of benzene rings is 2. The maximum absolute atomic E-state index is 11.9. The van der Waals surface area contributed by atoms with Gasteiger partial charge < -0.3 is 19.6 Å². The summed E-state index contributed by atoms with van der Waals surface area (Å²) in [5, 5.41) is 8.62. The zero-order valence-electron chi connectivity index (χ0n) is 19.7. The van der Waals surface area contributed by atoms with E-state index in [1.807, 2.05) is 48.5 Å². The van der Waals surface area contributed by atoms with Crippen LogP contribution in [0.5, 0.6) is 5.75 Å². The number of likely N-dealkylation sites (tertiary alicyclic amines) is 2. The van der Waals surface area contributed by atoms with Gasteiger partial charge in [-0.1, -0.05) is 48.5 Å². The molecule has 0 spiro atoms. The van der Waals surface area contributed by atoms with Gasteiger partial charge in [0.25, 0.3) is 0 Å². The van der Waals surface area contributed by atoms with Crippen LogP contribution in [0.25, 0.3) is 11.1 Å². The average molecular weight is 465 g/mol. The molecule has 0 aliphatic carbocycles. The smallest absolute Gasteiger partial charge is 0.222 e. The molecule has 0 bridgehead atoms. The molecule has 2 amide bonds. The largest absolute Gasteiger partial charge is 0.485 e. The number of aliphatic hydroxyl groups excluding tert-OH is 1. The summed E-state index contributed by atoms with van der Waals surface area (Å²) in [7, 11) is 3.54. The Morgan fingerprint density at radius 1 is 0.941 bits per heavy atom. The highest BCUT2D eigenvalue weighted by molar-refractivity contribution is 5.91. The molecular formula is C27H32N2O5. The van der Waals surface area contributed by atoms with Gasteiger partial charge in [0.1, 0.15) is 5.75 Å². The molecule has 0 aromatic heterocycles. The Hall–Kier alpha value is -3.45. The zero-order chi connectivity index (χ0) is 24.5. The van der Waals surface area contributed by atoms with Crippen LogP contribution in [0.1, 0.15) is 12.8 Å². The number of carbonyl (C=O) groups excluding carboxylic acids is 3. The van der Waals surface area contributed by atoms with Gasteiger partial charge in [-0.2, -0.15) is 0 Å². The number of hydrogen-bond donors (Lipinski definition) is 1. The van der Waals surface area contributed by atoms with Gasteiger partial charge in [-0.15, -0.1) is 0 Å². The van der Waals surface area contributed by atoms with Crippen molar-refractivity contribution in [2.45, 2.75) is 12.8 Å². The first kappa shape index (κ1) is 25.2. The first-order chi connectivity index (χ1) is 16.4. The number of amides is 2. The van der Waals surface area contributed by atoms with Crippen molar-refractivity contribution in [3.05, 3.63) is 66.7 Å². The predicted octanol–water partition coefficient (Wildman–Crippen LogP) is 2.79. The third-order valence-corrected chi connectivity index (χ3v) is 5.95. The summed E-state index contributed by atoms with van der Waals surface area (Å²) in [5.41, 5.74) is 2.25. The van der Waals surface area contributed by atoms with Crippen LogP contribution in [0.2, 0.25) is 0 Å². The van der Waals surface area contributed by atoms with Crippen LogP contribution in [-0.4, -0.2) is 72.9 Å². The predicted molar refractivity (Wildman–Crippen MR) is 130 cm³/mol. The normalized spacial score (nSPS) is 20.0. The van der Waals surface area contributed by atoms with Gasteiger partial charge in [-0.3, -0.25) is 14.4 Å². The van der Waals surface area contributed by atoms with Crippen molar-refractivity contribution in [3.63, 3.8) is 0 Å². The van der Waals surface area contributed by atoms with E-state index in [0.29, 0.717) is 25.1 Å². The van der Waals surface area contributed by atoms with E-state index in [9.17, 15) is 14.4 Å². The summed E-state index contributed by atoms with van der Waals surface area (Å²) < 4.78 is 5.54. The Balaban J connectivity index is 0.000000302. The zero-order valence-corrected chi connectivity index (χ0v) is 19.7. The maximum atomic E-state index is 11.9. The molecule has 2 atom stereocenters. The molecule has 2 saturated heterocycles. The molecule has 2 aromatic rings. The lowest BCUT2D eigenvalue weighted by molar-refractivity contribution is -0.127. The van der Waals surface area contributed by atoms with Crippen LogP contribution in [0.4, 0.5) is 0 Å². The third-order valence-electron chi connectivity index (χ3n) is 5.95. The molecule has 2 aliphatic rings. The number of nitrogens with zero attached hydrogens (tertiary/aromatic N) is 2. The minimum atomic E-state index is -0.103. The van der Waals surface area contributed by atoms with Gasteiger partial charge >= 0.3 is 0 Å². The second kappa shape index (κ2) is 12.1. The van der Waals surface area contributed by atoms with Crippen LogP contribution in [0.15, 0.2) is 66.7 Å². The van der Waals surface area contributed by atoms with Crippen molar-refractivity contribution in [2.24, 2.45) is 11.8 Å². The Morgan fingerprint density at radius 2 is 1.56 bits per heavy atom. The second-order valence-electron chi connectivity index (χ2n) is 8.77. The fourth-order valence-electron chi connectivity index (χ4n) is 3.93. The Labute approximate surface area is 200 Å². The number of hydrogen-bond acceptors (Lipinski definition) is 5. The van der Waals surface area contributed by atoms with Crippen molar-refractivity contribution in [1.29, 1.82) is 0 Å². The summed E-state index contributed by atoms with van der Waals surface area (Å²) in [6.07, 6.45) is 4.33. The molecule has 180 valence electrons. The van der Waals surface area contributed by atoms with E-state index >= 15 is 0 Å². The van der Waals surface area contributed by atoms with Crippen molar-refractivity contribution >= 4 is 17.6 Å². The average Bonchev–Trinajstić information content (AvgIpc) is 3.36. The lowest BCUT2D eigenvalue weighted by atomic mass is 10.1. The molecule has 7 nitrogen and oxygen atoms in total. The van der Waals surface area contributed by atoms with E-state index in [2.05, 4.69) is 12.1 Å². The minimum Gasteiger partial charge on any atom is -0.485 e. The number of ketones is 1. The van der Waals surface area contributed by atoms with Crippen LogP contribution in [0, 0.1) is 11.8 Å². The summed E-state index contributed by atoms with van der Waals surface area (Å²) in [6, 6.07) is 17.8. The Morgan fingerprint density at radius 3 is 2.09 bits per heavy atom. The number of rotatable bonds is 7. The molecule has 2 fully saturated rings. The Bertz CT molecular complexity index is 1000. The standard InChI is InChI=1S/C21H21NO3.C6H11NO2/c1-22-14-16(13-21(22)24)7-10-19(23)15-25-20-11-8-18(9-12-20)17-5-3-2-4-6-17;1-7-3-5(4-8)2-6(7)9/h2-12,16H,13-15H2,1H3;5,8H,2-4H2,1H3/b10-7+;. The van der Waals surface area contributed by atoms with Crippen LogP contribution < -0.4 is 4.74 Å². The van der Waals surface area contributed by atoms with Gasteiger partial charge in [0.2, 0.25) is 11.8 Å². The first-order valence-corrected chi connectivity index (χ1v) is 11.4. The molecule has 2 unspecified atom stereocenters. The highest BCUT2D eigenvalue weighted by Gasteiger charge is 2.25. The molecule has 1 N–H and O–H groups in total. The van der Waals surface area contributed by atoms with E-state index in [1.165, 1.54) is 6.08 Å². The summed E-state index contributed by atoms with van der Waals surface area (Å²) in [5.74, 6) is 1.13.